The van der Waals surface area contributed by atoms with Crippen molar-refractivity contribution in [2.24, 2.45) is 10.8 Å². The highest BCUT2D eigenvalue weighted by Crippen LogP contribution is 2.66. The smallest absolute Gasteiger partial charge is 0.100 e. The Hall–Kier alpha value is -0.380. The molecule has 0 aromatic carbocycles. The summed E-state index contributed by atoms with van der Waals surface area (Å²) in [6, 6.07) is 0. The third kappa shape index (κ3) is 1.41. The maximum Gasteiger partial charge on any atom is 0.100 e. The Bertz CT molecular complexity index is 399. The molecule has 18 heavy (non-hydrogen) atoms. The van der Waals surface area contributed by atoms with E-state index in [0.717, 1.165) is 32.3 Å². The van der Waals surface area contributed by atoms with E-state index in [1.54, 1.807) is 0 Å². The minimum atomic E-state index is -0.428. The van der Waals surface area contributed by atoms with E-state index in [1.165, 1.54) is 5.57 Å². The first-order chi connectivity index (χ1) is 8.33. The van der Waals surface area contributed by atoms with Gasteiger partial charge < -0.3 is 14.9 Å². The molecule has 1 aliphatic heterocycles. The maximum absolute atomic E-state index is 10.6. The fourth-order valence-corrected chi connectivity index (χ4v) is 4.36. The molecule has 3 rings (SSSR count). The van der Waals surface area contributed by atoms with Crippen molar-refractivity contribution in [3.63, 3.8) is 0 Å². The number of epoxide rings is 1. The number of allylic oxidation sites excluding steroid dienone is 1. The molecule has 5 atom stereocenters. The monoisotopic (exact) mass is 252 g/mol. The second-order valence-corrected chi connectivity index (χ2v) is 7.05. The molecular weight excluding hydrogens is 228 g/mol. The fraction of sp³-hybridized carbons (Fsp3) is 0.867. The molecule has 2 fully saturated rings. The average Bonchev–Trinajstić information content (AvgIpc) is 2.99. The number of ether oxygens (including phenoxy) is 1. The van der Waals surface area contributed by atoms with Gasteiger partial charge in [-0.2, -0.15) is 0 Å². The van der Waals surface area contributed by atoms with Gasteiger partial charge in [0, 0.05) is 17.3 Å². The number of rotatable bonds is 1. The van der Waals surface area contributed by atoms with Gasteiger partial charge in [-0.15, -0.1) is 0 Å². The van der Waals surface area contributed by atoms with Crippen LogP contribution in [-0.4, -0.2) is 34.6 Å². The van der Waals surface area contributed by atoms with Crippen molar-refractivity contribution in [2.45, 2.75) is 64.3 Å². The summed E-state index contributed by atoms with van der Waals surface area (Å²) in [6.45, 7) is 7.19. The summed E-state index contributed by atoms with van der Waals surface area (Å²) in [5.41, 5.74) is 0.769. The third-order valence-corrected chi connectivity index (χ3v) is 6.10. The molecule has 1 heterocycles. The molecular formula is C15H24O3. The van der Waals surface area contributed by atoms with Gasteiger partial charge in [0.2, 0.25) is 0 Å². The van der Waals surface area contributed by atoms with Crippen LogP contribution in [0.3, 0.4) is 0 Å². The largest absolute Gasteiger partial charge is 0.393 e. The molecule has 0 aromatic rings. The minimum absolute atomic E-state index is 0.129. The van der Waals surface area contributed by atoms with Crippen LogP contribution in [0.5, 0.6) is 0 Å². The van der Waals surface area contributed by atoms with Crippen LogP contribution in [0.1, 0.15) is 46.5 Å². The molecule has 1 spiro atoms. The second-order valence-electron chi connectivity index (χ2n) is 7.05. The molecule has 1 saturated carbocycles. The van der Waals surface area contributed by atoms with Crippen molar-refractivity contribution in [3.8, 4) is 0 Å². The van der Waals surface area contributed by atoms with Crippen molar-refractivity contribution in [1.82, 2.24) is 0 Å². The molecule has 0 aromatic heterocycles. The van der Waals surface area contributed by atoms with Crippen LogP contribution < -0.4 is 0 Å². The van der Waals surface area contributed by atoms with Crippen LogP contribution in [0, 0.1) is 10.8 Å². The van der Waals surface area contributed by atoms with Crippen LogP contribution in [-0.2, 0) is 4.74 Å². The van der Waals surface area contributed by atoms with E-state index < -0.39 is 6.10 Å². The molecule has 3 nitrogen and oxygen atoms in total. The Morgan fingerprint density at radius 3 is 2.50 bits per heavy atom. The van der Waals surface area contributed by atoms with Gasteiger partial charge in [-0.25, -0.2) is 0 Å². The summed E-state index contributed by atoms with van der Waals surface area (Å²) in [4.78, 5) is 0. The van der Waals surface area contributed by atoms with Gasteiger partial charge in [-0.05, 0) is 26.2 Å². The SMILES string of the molecule is CC1=CC(O)[C@@](C)([C@@]2(C)CC(O)CC23CO3)CC1. The van der Waals surface area contributed by atoms with E-state index in [0.29, 0.717) is 0 Å². The Morgan fingerprint density at radius 2 is 1.94 bits per heavy atom. The first-order valence-corrected chi connectivity index (χ1v) is 7.00. The van der Waals surface area contributed by atoms with Crippen LogP contribution in [0.25, 0.3) is 0 Å². The number of aliphatic hydroxyl groups excluding tert-OH is 2. The predicted octanol–water partition coefficient (Wildman–Crippen LogP) is 2.02. The fourth-order valence-electron chi connectivity index (χ4n) is 4.36. The van der Waals surface area contributed by atoms with E-state index in [9.17, 15) is 10.2 Å². The lowest BCUT2D eigenvalue weighted by Gasteiger charge is -2.51. The molecule has 0 bridgehead atoms. The van der Waals surface area contributed by atoms with Gasteiger partial charge >= 0.3 is 0 Å². The molecule has 3 heteroatoms. The van der Waals surface area contributed by atoms with Crippen molar-refractivity contribution < 1.29 is 14.9 Å². The van der Waals surface area contributed by atoms with E-state index in [4.69, 9.17) is 4.74 Å². The van der Waals surface area contributed by atoms with Gasteiger partial charge in [-0.3, -0.25) is 0 Å². The third-order valence-electron chi connectivity index (χ3n) is 6.10. The van der Waals surface area contributed by atoms with E-state index in [2.05, 4.69) is 20.8 Å². The number of hydrogen-bond donors (Lipinski definition) is 2. The lowest BCUT2D eigenvalue weighted by atomic mass is 9.54. The second kappa shape index (κ2) is 3.59. The normalized spacial score (nSPS) is 55.7. The summed E-state index contributed by atoms with van der Waals surface area (Å²) in [5.74, 6) is 0. The van der Waals surface area contributed by atoms with Crippen molar-refractivity contribution >= 4 is 0 Å². The molecule has 1 saturated heterocycles. The zero-order chi connectivity index (χ0) is 13.2. The molecule has 2 aliphatic carbocycles. The summed E-state index contributed by atoms with van der Waals surface area (Å²) in [5, 5.41) is 20.6. The average molecular weight is 252 g/mol. The Kier molecular flexibility index (Phi) is 2.52. The first kappa shape index (κ1) is 12.6. The van der Waals surface area contributed by atoms with Gasteiger partial charge in [0.05, 0.1) is 18.8 Å². The van der Waals surface area contributed by atoms with Gasteiger partial charge in [-0.1, -0.05) is 25.5 Å². The summed E-state index contributed by atoms with van der Waals surface area (Å²) in [7, 11) is 0. The molecule has 102 valence electrons. The van der Waals surface area contributed by atoms with Crippen LogP contribution in [0.2, 0.25) is 0 Å². The van der Waals surface area contributed by atoms with E-state index >= 15 is 0 Å². The number of aliphatic hydroxyl groups is 2. The molecule has 0 amide bonds. The van der Waals surface area contributed by atoms with Crippen molar-refractivity contribution in [3.05, 3.63) is 11.6 Å². The highest BCUT2D eigenvalue weighted by atomic mass is 16.6. The Balaban J connectivity index is 1.99. The molecule has 2 N–H and O–H groups in total. The molecule has 0 radical (unpaired) electrons. The van der Waals surface area contributed by atoms with Crippen LogP contribution in [0.15, 0.2) is 11.6 Å². The van der Waals surface area contributed by atoms with Crippen LogP contribution >= 0.6 is 0 Å². The van der Waals surface area contributed by atoms with E-state index in [-0.39, 0.29) is 22.5 Å². The van der Waals surface area contributed by atoms with Crippen LogP contribution in [0.4, 0.5) is 0 Å². The predicted molar refractivity (Wildman–Crippen MR) is 69.1 cm³/mol. The Morgan fingerprint density at radius 1 is 1.28 bits per heavy atom. The van der Waals surface area contributed by atoms with Crippen molar-refractivity contribution in [1.29, 1.82) is 0 Å². The maximum atomic E-state index is 10.6. The van der Waals surface area contributed by atoms with Gasteiger partial charge in [0.15, 0.2) is 0 Å². The summed E-state index contributed by atoms with van der Waals surface area (Å²) in [6.07, 6.45) is 4.77. The van der Waals surface area contributed by atoms with Gasteiger partial charge in [0.1, 0.15) is 5.60 Å². The molecule has 3 aliphatic rings. The highest BCUT2D eigenvalue weighted by Gasteiger charge is 2.71. The lowest BCUT2D eigenvalue weighted by molar-refractivity contribution is -0.0789. The zero-order valence-corrected chi connectivity index (χ0v) is 11.6. The first-order valence-electron chi connectivity index (χ1n) is 7.00. The topological polar surface area (TPSA) is 53.0 Å². The quantitative estimate of drug-likeness (QED) is 0.554. The van der Waals surface area contributed by atoms with Gasteiger partial charge in [0.25, 0.3) is 0 Å². The van der Waals surface area contributed by atoms with E-state index in [1.807, 2.05) is 6.08 Å². The lowest BCUT2D eigenvalue weighted by Crippen LogP contribution is -2.52. The number of hydrogen-bond acceptors (Lipinski definition) is 3. The zero-order valence-electron chi connectivity index (χ0n) is 11.6. The Labute approximate surface area is 109 Å². The minimum Gasteiger partial charge on any atom is -0.393 e. The highest BCUT2D eigenvalue weighted by molar-refractivity contribution is 5.24. The summed E-state index contributed by atoms with van der Waals surface area (Å²) < 4.78 is 5.74. The van der Waals surface area contributed by atoms with Crippen molar-refractivity contribution in [2.75, 3.05) is 6.61 Å². The standard InChI is InChI=1S/C15H24O3/c1-10-4-5-13(2,12(17)6-10)14(3)7-11(16)8-15(14)9-18-15/h6,11-12,16-17H,4-5,7-9H2,1-3H3/t11?,12?,13-,14+,15?/m0/s1. The molecule has 3 unspecified atom stereocenters. The summed E-state index contributed by atoms with van der Waals surface area (Å²) >= 11 is 0.